The van der Waals surface area contributed by atoms with Crippen molar-refractivity contribution in [3.05, 3.63) is 59.9 Å². The monoisotopic (exact) mass is 385 g/mol. The molecule has 148 valence electrons. The third-order valence-corrected chi connectivity index (χ3v) is 4.47. The number of nitrogens with zero attached hydrogens (tertiary/aromatic N) is 1. The molecule has 0 bridgehead atoms. The predicted octanol–water partition coefficient (Wildman–Crippen LogP) is 2.24. The fraction of sp³-hybridized carbons (Fsp3) is 0.333. The smallest absolute Gasteiger partial charge is 0.239 e. The molecule has 0 aromatic heterocycles. The first kappa shape index (κ1) is 19.7. The highest BCUT2D eigenvalue weighted by Crippen LogP contribution is 2.17. The zero-order chi connectivity index (χ0) is 19.8. The van der Waals surface area contributed by atoms with Gasteiger partial charge in [0.25, 0.3) is 0 Å². The van der Waals surface area contributed by atoms with E-state index in [0.29, 0.717) is 32.5 Å². The molecule has 0 unspecified atom stereocenters. The minimum absolute atomic E-state index is 0.0292. The molecule has 2 aromatic carbocycles. The Bertz CT molecular complexity index is 811. The van der Waals surface area contributed by atoms with Crippen LogP contribution in [0.25, 0.3) is 0 Å². The summed E-state index contributed by atoms with van der Waals surface area (Å²) in [6.45, 7) is 2.53. The van der Waals surface area contributed by atoms with Crippen molar-refractivity contribution >= 4 is 17.5 Å². The third kappa shape index (κ3) is 5.70. The Morgan fingerprint density at radius 2 is 1.96 bits per heavy atom. The van der Waals surface area contributed by atoms with Gasteiger partial charge in [0.05, 0.1) is 13.2 Å². The molecule has 7 heteroatoms. The highest BCUT2D eigenvalue weighted by molar-refractivity contribution is 5.82. The molecular weight excluding hydrogens is 361 g/mol. The van der Waals surface area contributed by atoms with E-state index in [1.165, 1.54) is 6.07 Å². The largest absolute Gasteiger partial charge is 0.491 e. The number of nitrogens with one attached hydrogen (secondary N) is 2. The normalized spacial score (nSPS) is 13.8. The molecule has 0 radical (unpaired) electrons. The lowest BCUT2D eigenvalue weighted by Gasteiger charge is -2.28. The molecular formula is C21H24FN3O3. The third-order valence-electron chi connectivity index (χ3n) is 4.47. The van der Waals surface area contributed by atoms with Crippen molar-refractivity contribution in [1.29, 1.82) is 0 Å². The number of halogens is 1. The fourth-order valence-electron chi connectivity index (χ4n) is 2.95. The molecule has 0 atom stereocenters. The number of anilines is 1. The van der Waals surface area contributed by atoms with Crippen LogP contribution in [0.15, 0.2) is 48.5 Å². The quantitative estimate of drug-likeness (QED) is 0.684. The molecule has 28 heavy (non-hydrogen) atoms. The van der Waals surface area contributed by atoms with Crippen molar-refractivity contribution < 1.29 is 18.7 Å². The topological polar surface area (TPSA) is 70.7 Å². The average molecular weight is 385 g/mol. The Labute approximate surface area is 163 Å². The van der Waals surface area contributed by atoms with Crippen molar-refractivity contribution in [2.75, 3.05) is 31.1 Å². The van der Waals surface area contributed by atoms with Gasteiger partial charge in [0.15, 0.2) is 11.6 Å². The van der Waals surface area contributed by atoms with E-state index in [2.05, 4.69) is 10.6 Å². The van der Waals surface area contributed by atoms with Gasteiger partial charge in [-0.05, 0) is 36.2 Å². The number of hydrogen-bond acceptors (Lipinski definition) is 4. The van der Waals surface area contributed by atoms with Crippen LogP contribution in [0, 0.1) is 5.82 Å². The van der Waals surface area contributed by atoms with E-state index >= 15 is 0 Å². The average Bonchev–Trinajstić information content (AvgIpc) is 2.71. The van der Waals surface area contributed by atoms with Crippen LogP contribution >= 0.6 is 0 Å². The predicted molar refractivity (Wildman–Crippen MR) is 105 cm³/mol. The molecule has 1 heterocycles. The summed E-state index contributed by atoms with van der Waals surface area (Å²) < 4.78 is 18.8. The second-order valence-electron chi connectivity index (χ2n) is 6.60. The second-order valence-corrected chi connectivity index (χ2v) is 6.60. The van der Waals surface area contributed by atoms with Gasteiger partial charge in [0, 0.05) is 31.7 Å². The number of amides is 2. The number of carbonyl (C=O) groups is 2. The highest BCUT2D eigenvalue weighted by atomic mass is 19.1. The zero-order valence-corrected chi connectivity index (χ0v) is 15.6. The SMILES string of the molecule is O=C(CCCOc1ccccc1F)NCc1ccc(N2CCNC(=O)C2)cc1. The van der Waals surface area contributed by atoms with Gasteiger partial charge in [-0.3, -0.25) is 9.59 Å². The molecule has 0 spiro atoms. The lowest BCUT2D eigenvalue weighted by atomic mass is 10.1. The molecule has 1 saturated heterocycles. The van der Waals surface area contributed by atoms with E-state index in [1.54, 1.807) is 18.2 Å². The van der Waals surface area contributed by atoms with E-state index in [9.17, 15) is 14.0 Å². The van der Waals surface area contributed by atoms with E-state index in [-0.39, 0.29) is 24.2 Å². The van der Waals surface area contributed by atoms with Crippen molar-refractivity contribution in [1.82, 2.24) is 10.6 Å². The summed E-state index contributed by atoms with van der Waals surface area (Å²) >= 11 is 0. The van der Waals surface area contributed by atoms with Crippen LogP contribution in [0.1, 0.15) is 18.4 Å². The number of rotatable bonds is 8. The van der Waals surface area contributed by atoms with Gasteiger partial charge in [-0.2, -0.15) is 0 Å². The van der Waals surface area contributed by atoms with E-state index in [1.807, 2.05) is 29.2 Å². The lowest BCUT2D eigenvalue weighted by molar-refractivity contribution is -0.121. The molecule has 1 fully saturated rings. The Kier molecular flexibility index (Phi) is 6.84. The van der Waals surface area contributed by atoms with Gasteiger partial charge in [-0.15, -0.1) is 0 Å². The van der Waals surface area contributed by atoms with Gasteiger partial charge < -0.3 is 20.3 Å². The number of para-hydroxylation sites is 1. The maximum Gasteiger partial charge on any atom is 0.239 e. The van der Waals surface area contributed by atoms with Crippen molar-refractivity contribution in [3.63, 3.8) is 0 Å². The van der Waals surface area contributed by atoms with Crippen molar-refractivity contribution in [3.8, 4) is 5.75 Å². The first-order valence-electron chi connectivity index (χ1n) is 9.36. The van der Waals surface area contributed by atoms with Crippen LogP contribution in [-0.4, -0.2) is 38.1 Å². The number of ether oxygens (including phenoxy) is 1. The lowest BCUT2D eigenvalue weighted by Crippen LogP contribution is -2.47. The Morgan fingerprint density at radius 1 is 1.18 bits per heavy atom. The molecule has 0 aliphatic carbocycles. The van der Waals surface area contributed by atoms with Crippen LogP contribution in [0.4, 0.5) is 10.1 Å². The highest BCUT2D eigenvalue weighted by Gasteiger charge is 2.16. The first-order valence-corrected chi connectivity index (χ1v) is 9.36. The first-order chi connectivity index (χ1) is 13.6. The number of hydrogen-bond donors (Lipinski definition) is 2. The minimum atomic E-state index is -0.402. The molecule has 2 amide bonds. The fourth-order valence-corrected chi connectivity index (χ4v) is 2.95. The van der Waals surface area contributed by atoms with Crippen LogP contribution < -0.4 is 20.3 Å². The Balaban J connectivity index is 1.36. The van der Waals surface area contributed by atoms with E-state index in [4.69, 9.17) is 4.74 Å². The van der Waals surface area contributed by atoms with Crippen molar-refractivity contribution in [2.45, 2.75) is 19.4 Å². The molecule has 1 aliphatic heterocycles. The minimum Gasteiger partial charge on any atom is -0.491 e. The van der Waals surface area contributed by atoms with Gasteiger partial charge in [-0.25, -0.2) is 4.39 Å². The van der Waals surface area contributed by atoms with Gasteiger partial charge in [0.1, 0.15) is 0 Å². The summed E-state index contributed by atoms with van der Waals surface area (Å²) in [5, 5.41) is 5.67. The summed E-state index contributed by atoms with van der Waals surface area (Å²) in [5.41, 5.74) is 1.98. The van der Waals surface area contributed by atoms with Crippen molar-refractivity contribution in [2.24, 2.45) is 0 Å². The van der Waals surface area contributed by atoms with E-state index in [0.717, 1.165) is 17.8 Å². The summed E-state index contributed by atoms with van der Waals surface area (Å²) in [6.07, 6.45) is 0.825. The molecule has 0 saturated carbocycles. The molecule has 1 aliphatic rings. The van der Waals surface area contributed by atoms with Gasteiger partial charge in [-0.1, -0.05) is 24.3 Å². The standard InChI is InChI=1S/C21H24FN3O3/c22-18-4-1-2-5-19(18)28-13-3-6-20(26)24-14-16-7-9-17(10-8-16)25-12-11-23-21(27)15-25/h1-2,4-5,7-10H,3,6,11-15H2,(H,23,27)(H,24,26). The summed E-state index contributed by atoms with van der Waals surface area (Å²) in [5.74, 6) is -0.245. The number of benzene rings is 2. The maximum atomic E-state index is 13.4. The van der Waals surface area contributed by atoms with Crippen LogP contribution in [0.3, 0.4) is 0 Å². The van der Waals surface area contributed by atoms with E-state index < -0.39 is 5.82 Å². The molecule has 2 N–H and O–H groups in total. The number of piperazine rings is 1. The molecule has 3 rings (SSSR count). The van der Waals surface area contributed by atoms with Gasteiger partial charge in [0.2, 0.25) is 11.8 Å². The van der Waals surface area contributed by atoms with Gasteiger partial charge >= 0.3 is 0 Å². The van der Waals surface area contributed by atoms with Crippen LogP contribution in [0.2, 0.25) is 0 Å². The Hall–Kier alpha value is -3.09. The molecule has 2 aromatic rings. The van der Waals surface area contributed by atoms with Crippen LogP contribution in [0.5, 0.6) is 5.75 Å². The summed E-state index contributed by atoms with van der Waals surface area (Å²) in [6, 6.07) is 14.0. The summed E-state index contributed by atoms with van der Waals surface area (Å²) in [7, 11) is 0. The maximum absolute atomic E-state index is 13.4. The number of carbonyl (C=O) groups excluding carboxylic acids is 2. The molecule has 6 nitrogen and oxygen atoms in total. The second kappa shape index (κ2) is 9.73. The van der Waals surface area contributed by atoms with Crippen LogP contribution in [-0.2, 0) is 16.1 Å². The summed E-state index contributed by atoms with van der Waals surface area (Å²) in [4.78, 5) is 25.4. The zero-order valence-electron chi connectivity index (χ0n) is 15.6. The Morgan fingerprint density at radius 3 is 2.71 bits per heavy atom.